The van der Waals surface area contributed by atoms with Crippen LogP contribution in [0.25, 0.3) is 0 Å². The van der Waals surface area contributed by atoms with Crippen molar-refractivity contribution in [2.45, 2.75) is 88.8 Å². The second-order valence-corrected chi connectivity index (χ2v) is 10.8. The molecular weight excluding hydrogens is 507 g/mol. The number of aliphatic carboxylic acids is 1. The molecule has 2 aliphatic carbocycles. The molecule has 4 aliphatic rings. The van der Waals surface area contributed by atoms with E-state index in [1.54, 1.807) is 4.80 Å². The number of nitrogens with one attached hydrogen (secondary N) is 1. The molecule has 0 spiro atoms. The maximum absolute atomic E-state index is 12.8. The third-order valence-electron chi connectivity index (χ3n) is 8.63. The number of likely N-dealkylation sites (tertiary alicyclic amines) is 1. The van der Waals surface area contributed by atoms with E-state index in [0.29, 0.717) is 49.7 Å². The van der Waals surface area contributed by atoms with Crippen molar-refractivity contribution in [1.82, 2.24) is 30.4 Å². The van der Waals surface area contributed by atoms with E-state index < -0.39 is 12.0 Å². The number of carboxylic acids is 1. The van der Waals surface area contributed by atoms with Crippen molar-refractivity contribution in [3.63, 3.8) is 0 Å². The van der Waals surface area contributed by atoms with Gasteiger partial charge in [0.15, 0.2) is 5.82 Å². The summed E-state index contributed by atoms with van der Waals surface area (Å²) in [6.07, 6.45) is 9.33. The number of tetrazole rings is 1. The summed E-state index contributed by atoms with van der Waals surface area (Å²) in [5.74, 6) is 1.81. The number of esters is 1. The first-order chi connectivity index (χ1) is 16.5. The zero-order valence-corrected chi connectivity index (χ0v) is 22.6. The van der Waals surface area contributed by atoms with E-state index in [1.165, 1.54) is 12.8 Å². The van der Waals surface area contributed by atoms with Crippen molar-refractivity contribution in [2.75, 3.05) is 26.2 Å². The topological polar surface area (TPSA) is 122 Å². The number of halogens is 2. The minimum Gasteiger partial charge on any atom is -0.480 e. The molecule has 204 valence electrons. The van der Waals surface area contributed by atoms with Crippen LogP contribution in [-0.2, 0) is 14.3 Å². The Morgan fingerprint density at radius 2 is 1.86 bits per heavy atom. The Balaban J connectivity index is 0.00000180. The van der Waals surface area contributed by atoms with Crippen LogP contribution < -0.4 is 5.32 Å². The molecule has 1 aromatic heterocycles. The monoisotopic (exact) mass is 546 g/mol. The zero-order valence-electron chi connectivity index (χ0n) is 21.0. The van der Waals surface area contributed by atoms with Crippen LogP contribution in [0, 0.1) is 17.8 Å². The first kappa shape index (κ1) is 29.1. The van der Waals surface area contributed by atoms with Gasteiger partial charge in [-0.25, -0.2) is 0 Å². The lowest BCUT2D eigenvalue weighted by Crippen LogP contribution is -2.50. The van der Waals surface area contributed by atoms with Gasteiger partial charge in [-0.3, -0.25) is 14.5 Å². The number of hydrogen-bond donors (Lipinski definition) is 2. The van der Waals surface area contributed by atoms with Crippen LogP contribution in [0.4, 0.5) is 0 Å². The Kier molecular flexibility index (Phi) is 10.4. The van der Waals surface area contributed by atoms with Crippen molar-refractivity contribution >= 4 is 36.8 Å². The van der Waals surface area contributed by atoms with E-state index in [-0.39, 0.29) is 42.9 Å². The molecular formula is C24H40Cl2N6O4. The lowest BCUT2D eigenvalue weighted by molar-refractivity contribution is -0.149. The Morgan fingerprint density at radius 3 is 2.58 bits per heavy atom. The van der Waals surface area contributed by atoms with Crippen molar-refractivity contribution in [3.05, 3.63) is 5.82 Å². The molecule has 0 radical (unpaired) electrons. The number of piperidine rings is 1. The second-order valence-electron chi connectivity index (χ2n) is 10.8. The van der Waals surface area contributed by atoms with Crippen molar-refractivity contribution < 1.29 is 19.4 Å². The lowest BCUT2D eigenvalue weighted by Gasteiger charge is -2.42. The fraction of sp³-hybridized carbons (Fsp3) is 0.875. The number of nitrogens with zero attached hydrogens (tertiary/aromatic N) is 5. The van der Waals surface area contributed by atoms with Gasteiger partial charge in [0.2, 0.25) is 0 Å². The quantitative estimate of drug-likeness (QED) is 0.496. The van der Waals surface area contributed by atoms with E-state index in [2.05, 4.69) is 20.5 Å². The molecule has 4 fully saturated rings. The average molecular weight is 548 g/mol. The summed E-state index contributed by atoms with van der Waals surface area (Å²) in [4.78, 5) is 28.3. The molecule has 5 rings (SSSR count). The predicted octanol–water partition coefficient (Wildman–Crippen LogP) is 2.83. The molecule has 0 bridgehead atoms. The van der Waals surface area contributed by atoms with Crippen LogP contribution in [0.5, 0.6) is 0 Å². The minimum absolute atomic E-state index is 0. The number of ether oxygens (including phenoxy) is 1. The molecule has 3 unspecified atom stereocenters. The van der Waals surface area contributed by atoms with Crippen LogP contribution in [0.2, 0.25) is 0 Å². The van der Waals surface area contributed by atoms with Gasteiger partial charge in [0.05, 0.1) is 12.6 Å². The minimum atomic E-state index is -0.748. The van der Waals surface area contributed by atoms with Crippen LogP contribution in [0.1, 0.15) is 82.5 Å². The first-order valence-electron chi connectivity index (χ1n) is 13.2. The molecule has 2 aliphatic heterocycles. The van der Waals surface area contributed by atoms with E-state index in [9.17, 15) is 14.7 Å². The summed E-state index contributed by atoms with van der Waals surface area (Å²) in [6.45, 7) is 4.57. The maximum atomic E-state index is 12.8. The maximum Gasteiger partial charge on any atom is 0.323 e. The Labute approximate surface area is 225 Å². The number of rotatable bonds is 7. The summed E-state index contributed by atoms with van der Waals surface area (Å²) in [7, 11) is 0. The third kappa shape index (κ3) is 6.31. The molecule has 12 heteroatoms. The van der Waals surface area contributed by atoms with Gasteiger partial charge < -0.3 is 15.2 Å². The predicted molar refractivity (Wildman–Crippen MR) is 138 cm³/mol. The van der Waals surface area contributed by atoms with Crippen molar-refractivity contribution in [3.8, 4) is 0 Å². The largest absolute Gasteiger partial charge is 0.480 e. The number of carbonyl (C=O) groups is 2. The molecule has 0 amide bonds. The summed E-state index contributed by atoms with van der Waals surface area (Å²) in [6, 6.07) is -0.706. The molecule has 2 saturated carbocycles. The fourth-order valence-electron chi connectivity index (χ4n) is 6.82. The van der Waals surface area contributed by atoms with E-state index in [1.807, 2.05) is 6.92 Å². The number of hydrogen-bond acceptors (Lipinski definition) is 8. The fourth-order valence-corrected chi connectivity index (χ4v) is 6.82. The lowest BCUT2D eigenvalue weighted by atomic mass is 9.69. The molecule has 2 N–H and O–H groups in total. The SMILES string of the molecule is CCOC(=O)[C@@H]1C[C@H](n2nnc(C3CCCC3)n2)CN1CC1CC[C@H]2CNC(C(=O)O)CC2C1.Cl.Cl. The first-order valence-corrected chi connectivity index (χ1v) is 13.2. The highest BCUT2D eigenvalue weighted by Crippen LogP contribution is 2.40. The molecule has 0 aromatic carbocycles. The highest BCUT2D eigenvalue weighted by Gasteiger charge is 2.43. The van der Waals surface area contributed by atoms with Crippen LogP contribution in [-0.4, -0.2) is 80.5 Å². The average Bonchev–Trinajstić information content (AvgIpc) is 3.59. The van der Waals surface area contributed by atoms with Crippen molar-refractivity contribution in [2.24, 2.45) is 17.8 Å². The van der Waals surface area contributed by atoms with Crippen LogP contribution in [0.3, 0.4) is 0 Å². The normalized spacial score (nSPS) is 32.8. The Hall–Kier alpha value is -1.49. The summed E-state index contributed by atoms with van der Waals surface area (Å²) >= 11 is 0. The highest BCUT2D eigenvalue weighted by atomic mass is 35.5. The molecule has 10 nitrogen and oxygen atoms in total. The number of carbonyl (C=O) groups excluding carboxylic acids is 1. The van der Waals surface area contributed by atoms with Gasteiger partial charge in [-0.15, -0.1) is 35.0 Å². The summed E-state index contributed by atoms with van der Waals surface area (Å²) in [5.41, 5.74) is 0. The second kappa shape index (κ2) is 12.8. The zero-order chi connectivity index (χ0) is 23.7. The van der Waals surface area contributed by atoms with Crippen LogP contribution in [0.15, 0.2) is 0 Å². The van der Waals surface area contributed by atoms with Crippen LogP contribution >= 0.6 is 24.8 Å². The molecule has 1 aromatic rings. The molecule has 3 heterocycles. The van der Waals surface area contributed by atoms with Gasteiger partial charge in [0, 0.05) is 19.0 Å². The standard InChI is InChI=1S/C24H38N6O4.2ClH/c1-2-34-24(33)21-11-19(30-27-22(26-28-30)16-5-3-4-6-16)14-29(21)13-15-7-8-17-12-25-20(23(31)32)10-18(17)9-15;;/h15-21,25H,2-14H2,1H3,(H,31,32);2*1H/t15?,17-,18?,19-,20?,21-;;/m0../s1. The van der Waals surface area contributed by atoms with Gasteiger partial charge in [-0.2, -0.15) is 4.80 Å². The summed E-state index contributed by atoms with van der Waals surface area (Å²) < 4.78 is 5.42. The molecule has 6 atom stereocenters. The van der Waals surface area contributed by atoms with E-state index in [4.69, 9.17) is 9.84 Å². The van der Waals surface area contributed by atoms with Crippen molar-refractivity contribution in [1.29, 1.82) is 0 Å². The Morgan fingerprint density at radius 1 is 1.08 bits per heavy atom. The number of fused-ring (bicyclic) bond motifs is 1. The molecule has 2 saturated heterocycles. The van der Waals surface area contributed by atoms with Gasteiger partial charge in [-0.05, 0) is 81.4 Å². The van der Waals surface area contributed by atoms with Gasteiger partial charge in [-0.1, -0.05) is 12.8 Å². The summed E-state index contributed by atoms with van der Waals surface area (Å²) in [5, 5.41) is 26.1. The van der Waals surface area contributed by atoms with Gasteiger partial charge >= 0.3 is 11.9 Å². The number of carboxylic acid groups (broad SMARTS) is 1. The third-order valence-corrected chi connectivity index (χ3v) is 8.63. The highest BCUT2D eigenvalue weighted by molar-refractivity contribution is 5.85. The smallest absolute Gasteiger partial charge is 0.323 e. The van der Waals surface area contributed by atoms with Gasteiger partial charge in [0.25, 0.3) is 0 Å². The molecule has 36 heavy (non-hydrogen) atoms. The van der Waals surface area contributed by atoms with E-state index in [0.717, 1.165) is 51.0 Å². The Bertz CT molecular complexity index is 883. The van der Waals surface area contributed by atoms with E-state index >= 15 is 0 Å². The number of aromatic nitrogens is 4. The van der Waals surface area contributed by atoms with Gasteiger partial charge in [0.1, 0.15) is 12.1 Å².